The van der Waals surface area contributed by atoms with Gasteiger partial charge in [0.2, 0.25) is 5.91 Å². The average Bonchev–Trinajstić information content (AvgIpc) is 2.67. The Hall–Kier alpha value is -1.52. The standard InChI is InChI=1S/C23H46N4O/c1-2-3-4-5-6-7-8-9-10-11-12-13-14-15-16-19-22(28)26-20-17-18-21-27-23(24)25/h9-10H,2-8,11-21H2,1H3,(H,26,28)(H4,24,25,27)/b10-9-. The van der Waals surface area contributed by atoms with Gasteiger partial charge in [0.25, 0.3) is 0 Å². The Morgan fingerprint density at radius 1 is 0.786 bits per heavy atom. The molecule has 0 aliphatic carbocycles. The maximum atomic E-state index is 11.7. The van der Waals surface area contributed by atoms with Crippen LogP contribution in [-0.2, 0) is 4.79 Å². The first kappa shape index (κ1) is 26.5. The molecule has 28 heavy (non-hydrogen) atoms. The van der Waals surface area contributed by atoms with Crippen LogP contribution in [0.1, 0.15) is 110 Å². The Balaban J connectivity index is 3.24. The Kier molecular flexibility index (Phi) is 20.6. The predicted octanol–water partition coefficient (Wildman–Crippen LogP) is 5.19. The van der Waals surface area contributed by atoms with Gasteiger partial charge in [-0.05, 0) is 44.9 Å². The summed E-state index contributed by atoms with van der Waals surface area (Å²) in [6.07, 6.45) is 23.8. The summed E-state index contributed by atoms with van der Waals surface area (Å²) in [5.41, 5.74) is 10.5. The zero-order valence-electron chi connectivity index (χ0n) is 18.4. The third kappa shape index (κ3) is 22.5. The second-order valence-corrected chi connectivity index (χ2v) is 7.70. The molecule has 0 aromatic heterocycles. The monoisotopic (exact) mass is 394 g/mol. The maximum Gasteiger partial charge on any atom is 0.219 e. The van der Waals surface area contributed by atoms with Crippen molar-refractivity contribution in [1.29, 1.82) is 0 Å². The second kappa shape index (κ2) is 21.8. The zero-order chi connectivity index (χ0) is 20.7. The summed E-state index contributed by atoms with van der Waals surface area (Å²) in [5, 5.41) is 2.96. The molecule has 5 nitrogen and oxygen atoms in total. The van der Waals surface area contributed by atoms with Crippen LogP contribution in [0.3, 0.4) is 0 Å². The first-order valence-electron chi connectivity index (χ1n) is 11.6. The van der Waals surface area contributed by atoms with Crippen LogP contribution in [-0.4, -0.2) is 25.0 Å². The number of aliphatic imine (C=N–C) groups is 1. The molecule has 0 heterocycles. The molecule has 0 saturated carbocycles. The number of nitrogens with two attached hydrogens (primary N) is 2. The minimum atomic E-state index is 0.133. The quantitative estimate of drug-likeness (QED) is 0.115. The Morgan fingerprint density at radius 3 is 1.96 bits per heavy atom. The molecule has 0 radical (unpaired) electrons. The van der Waals surface area contributed by atoms with Crippen molar-refractivity contribution in [1.82, 2.24) is 5.32 Å². The maximum absolute atomic E-state index is 11.7. The van der Waals surface area contributed by atoms with Crippen LogP contribution < -0.4 is 16.8 Å². The van der Waals surface area contributed by atoms with Gasteiger partial charge in [0.15, 0.2) is 5.96 Å². The number of guanidine groups is 1. The fraction of sp³-hybridized carbons (Fsp3) is 0.826. The minimum absolute atomic E-state index is 0.133. The molecule has 0 atom stereocenters. The van der Waals surface area contributed by atoms with Crippen molar-refractivity contribution in [2.75, 3.05) is 13.1 Å². The number of nitrogens with one attached hydrogen (secondary N) is 1. The third-order valence-corrected chi connectivity index (χ3v) is 4.87. The van der Waals surface area contributed by atoms with Gasteiger partial charge in [0.05, 0.1) is 0 Å². The van der Waals surface area contributed by atoms with Crippen LogP contribution in [0.2, 0.25) is 0 Å². The minimum Gasteiger partial charge on any atom is -0.370 e. The number of carbonyl (C=O) groups excluding carboxylic acids is 1. The number of amides is 1. The normalized spacial score (nSPS) is 11.0. The predicted molar refractivity (Wildman–Crippen MR) is 122 cm³/mol. The van der Waals surface area contributed by atoms with Gasteiger partial charge >= 0.3 is 0 Å². The molecule has 0 aromatic carbocycles. The van der Waals surface area contributed by atoms with E-state index in [9.17, 15) is 4.79 Å². The van der Waals surface area contributed by atoms with Crippen LogP contribution in [0.15, 0.2) is 17.1 Å². The lowest BCUT2D eigenvalue weighted by molar-refractivity contribution is -0.121. The largest absolute Gasteiger partial charge is 0.370 e. The molecule has 164 valence electrons. The van der Waals surface area contributed by atoms with Gasteiger partial charge < -0.3 is 16.8 Å². The van der Waals surface area contributed by atoms with Crippen molar-refractivity contribution in [2.45, 2.75) is 110 Å². The van der Waals surface area contributed by atoms with Gasteiger partial charge in [-0.3, -0.25) is 9.79 Å². The van der Waals surface area contributed by atoms with Crippen LogP contribution in [0, 0.1) is 0 Å². The van der Waals surface area contributed by atoms with E-state index in [1.54, 1.807) is 0 Å². The number of rotatable bonds is 20. The van der Waals surface area contributed by atoms with Gasteiger partial charge in [0.1, 0.15) is 0 Å². The van der Waals surface area contributed by atoms with Crippen LogP contribution in [0.5, 0.6) is 0 Å². The van der Waals surface area contributed by atoms with Crippen molar-refractivity contribution in [3.05, 3.63) is 12.2 Å². The molecule has 0 unspecified atom stereocenters. The first-order chi connectivity index (χ1) is 13.7. The highest BCUT2D eigenvalue weighted by atomic mass is 16.1. The average molecular weight is 395 g/mol. The molecule has 5 N–H and O–H groups in total. The van der Waals surface area contributed by atoms with Crippen LogP contribution in [0.4, 0.5) is 0 Å². The third-order valence-electron chi connectivity index (χ3n) is 4.87. The molecule has 1 amide bonds. The number of unbranched alkanes of at least 4 members (excludes halogenated alkanes) is 12. The van der Waals surface area contributed by atoms with Gasteiger partial charge in [0, 0.05) is 19.5 Å². The van der Waals surface area contributed by atoms with Crippen molar-refractivity contribution in [3.8, 4) is 0 Å². The zero-order valence-corrected chi connectivity index (χ0v) is 18.4. The SMILES string of the molecule is CCCCCCCC/C=C\CCCCCCCC(=O)NCCCCN=C(N)N. The van der Waals surface area contributed by atoms with Crippen molar-refractivity contribution in [3.63, 3.8) is 0 Å². The van der Waals surface area contributed by atoms with Gasteiger partial charge in [-0.1, -0.05) is 70.4 Å². The van der Waals surface area contributed by atoms with Crippen molar-refractivity contribution < 1.29 is 4.79 Å². The fourth-order valence-corrected chi connectivity index (χ4v) is 3.12. The van der Waals surface area contributed by atoms with E-state index >= 15 is 0 Å². The molecule has 5 heteroatoms. The smallest absolute Gasteiger partial charge is 0.219 e. The van der Waals surface area contributed by atoms with E-state index in [-0.39, 0.29) is 11.9 Å². The molecular formula is C23H46N4O. The summed E-state index contributed by atoms with van der Waals surface area (Å²) in [7, 11) is 0. The molecule has 0 rings (SSSR count). The summed E-state index contributed by atoms with van der Waals surface area (Å²) < 4.78 is 0. The summed E-state index contributed by atoms with van der Waals surface area (Å²) >= 11 is 0. The fourth-order valence-electron chi connectivity index (χ4n) is 3.12. The summed E-state index contributed by atoms with van der Waals surface area (Å²) in [6, 6.07) is 0. The highest BCUT2D eigenvalue weighted by molar-refractivity contribution is 5.76. The number of carbonyl (C=O) groups is 1. The Bertz CT molecular complexity index is 403. The summed E-state index contributed by atoms with van der Waals surface area (Å²) in [6.45, 7) is 3.61. The second-order valence-electron chi connectivity index (χ2n) is 7.70. The molecule has 0 bridgehead atoms. The van der Waals surface area contributed by atoms with Gasteiger partial charge in [-0.15, -0.1) is 0 Å². The highest BCUT2D eigenvalue weighted by Crippen LogP contribution is 2.09. The van der Waals surface area contributed by atoms with Gasteiger partial charge in [-0.2, -0.15) is 0 Å². The Labute approximate surface area is 173 Å². The van der Waals surface area contributed by atoms with E-state index in [4.69, 9.17) is 11.5 Å². The molecule has 0 fully saturated rings. The number of hydrogen-bond acceptors (Lipinski definition) is 2. The van der Waals surface area contributed by atoms with E-state index in [1.165, 1.54) is 70.6 Å². The van der Waals surface area contributed by atoms with Crippen LogP contribution >= 0.6 is 0 Å². The van der Waals surface area contributed by atoms with Crippen molar-refractivity contribution in [2.24, 2.45) is 16.5 Å². The number of allylic oxidation sites excluding steroid dienone is 2. The van der Waals surface area contributed by atoms with E-state index in [2.05, 4.69) is 29.4 Å². The lowest BCUT2D eigenvalue weighted by atomic mass is 10.1. The van der Waals surface area contributed by atoms with Crippen LogP contribution in [0.25, 0.3) is 0 Å². The molecule has 0 aliphatic rings. The highest BCUT2D eigenvalue weighted by Gasteiger charge is 2.00. The molecule has 0 aromatic rings. The summed E-state index contributed by atoms with van der Waals surface area (Å²) in [4.78, 5) is 15.6. The van der Waals surface area contributed by atoms with Crippen molar-refractivity contribution >= 4 is 11.9 Å². The lowest BCUT2D eigenvalue weighted by Gasteiger charge is -2.04. The molecule has 0 spiro atoms. The summed E-state index contributed by atoms with van der Waals surface area (Å²) in [5.74, 6) is 0.299. The van der Waals surface area contributed by atoms with Gasteiger partial charge in [-0.25, -0.2) is 0 Å². The van der Waals surface area contributed by atoms with E-state index in [0.29, 0.717) is 19.5 Å². The van der Waals surface area contributed by atoms with E-state index in [0.717, 1.165) is 25.7 Å². The molecular weight excluding hydrogens is 348 g/mol. The topological polar surface area (TPSA) is 93.5 Å². The Morgan fingerprint density at radius 2 is 1.36 bits per heavy atom. The first-order valence-corrected chi connectivity index (χ1v) is 11.6. The van der Waals surface area contributed by atoms with E-state index < -0.39 is 0 Å². The molecule has 0 saturated heterocycles. The number of hydrogen-bond donors (Lipinski definition) is 3. The lowest BCUT2D eigenvalue weighted by Crippen LogP contribution is -2.24. The number of nitrogens with zero attached hydrogens (tertiary/aromatic N) is 1. The molecule has 0 aliphatic heterocycles. The van der Waals surface area contributed by atoms with E-state index in [1.807, 2.05) is 0 Å².